The highest BCUT2D eigenvalue weighted by atomic mass is 32.2. The van der Waals surface area contributed by atoms with Crippen molar-refractivity contribution in [2.24, 2.45) is 5.92 Å². The molecule has 2 N–H and O–H groups in total. The van der Waals surface area contributed by atoms with Crippen molar-refractivity contribution in [1.82, 2.24) is 5.32 Å². The third-order valence-electron chi connectivity index (χ3n) is 3.01. The van der Waals surface area contributed by atoms with Gasteiger partial charge in [-0.05, 0) is 24.1 Å². The van der Waals surface area contributed by atoms with Crippen LogP contribution in [0.25, 0.3) is 0 Å². The standard InChI is InChI=1S/C16H19NO3S/c1-12(10-18)9-17-16(19)15-13(7-8-20-15)11-21-14-5-3-2-4-6-14/h2-8,12,18H,9-11H2,1H3,(H,17,19). The zero-order chi connectivity index (χ0) is 15.1. The first-order valence-corrected chi connectivity index (χ1v) is 7.82. The summed E-state index contributed by atoms with van der Waals surface area (Å²) in [6, 6.07) is 11.8. The number of aliphatic hydroxyl groups excluding tert-OH is 1. The Balaban J connectivity index is 1.93. The molecule has 21 heavy (non-hydrogen) atoms. The van der Waals surface area contributed by atoms with Gasteiger partial charge in [-0.25, -0.2) is 0 Å². The van der Waals surface area contributed by atoms with Gasteiger partial charge in [0.15, 0.2) is 5.76 Å². The largest absolute Gasteiger partial charge is 0.459 e. The van der Waals surface area contributed by atoms with Crippen molar-refractivity contribution in [1.29, 1.82) is 0 Å². The van der Waals surface area contributed by atoms with Crippen LogP contribution in [0, 0.1) is 5.92 Å². The zero-order valence-electron chi connectivity index (χ0n) is 11.9. The topological polar surface area (TPSA) is 62.5 Å². The van der Waals surface area contributed by atoms with E-state index in [1.807, 2.05) is 43.3 Å². The maximum atomic E-state index is 12.1. The third-order valence-corrected chi connectivity index (χ3v) is 4.07. The lowest BCUT2D eigenvalue weighted by Crippen LogP contribution is -2.29. The highest BCUT2D eigenvalue weighted by Crippen LogP contribution is 2.24. The Hall–Kier alpha value is -1.72. The number of hydrogen-bond acceptors (Lipinski definition) is 4. The van der Waals surface area contributed by atoms with E-state index in [1.54, 1.807) is 11.8 Å². The second-order valence-corrected chi connectivity index (χ2v) is 5.92. The van der Waals surface area contributed by atoms with E-state index in [-0.39, 0.29) is 18.4 Å². The van der Waals surface area contributed by atoms with Gasteiger partial charge in [0, 0.05) is 29.4 Å². The summed E-state index contributed by atoms with van der Waals surface area (Å²) in [6.45, 7) is 2.35. The normalized spacial score (nSPS) is 12.1. The molecule has 0 aliphatic heterocycles. The van der Waals surface area contributed by atoms with E-state index < -0.39 is 0 Å². The molecule has 1 aromatic heterocycles. The molecule has 0 saturated heterocycles. The van der Waals surface area contributed by atoms with Gasteiger partial charge in [0.25, 0.3) is 5.91 Å². The van der Waals surface area contributed by atoms with Crippen molar-refractivity contribution in [3.63, 3.8) is 0 Å². The molecule has 1 unspecified atom stereocenters. The number of amides is 1. The fraction of sp³-hybridized carbons (Fsp3) is 0.312. The van der Waals surface area contributed by atoms with Gasteiger partial charge in [0.1, 0.15) is 0 Å². The average molecular weight is 305 g/mol. The number of aliphatic hydroxyl groups is 1. The lowest BCUT2D eigenvalue weighted by molar-refractivity contribution is 0.0913. The molecule has 0 spiro atoms. The Morgan fingerprint density at radius 1 is 1.33 bits per heavy atom. The Bertz CT molecular complexity index is 568. The first-order chi connectivity index (χ1) is 10.2. The molecule has 0 aliphatic carbocycles. The molecule has 5 heteroatoms. The van der Waals surface area contributed by atoms with E-state index in [4.69, 9.17) is 9.52 Å². The minimum Gasteiger partial charge on any atom is -0.459 e. The predicted molar refractivity (Wildman–Crippen MR) is 83.3 cm³/mol. The molecule has 0 bridgehead atoms. The quantitative estimate of drug-likeness (QED) is 0.772. The van der Waals surface area contributed by atoms with E-state index in [0.29, 0.717) is 18.1 Å². The van der Waals surface area contributed by atoms with Crippen molar-refractivity contribution in [3.05, 3.63) is 54.0 Å². The van der Waals surface area contributed by atoms with Crippen molar-refractivity contribution >= 4 is 17.7 Å². The van der Waals surface area contributed by atoms with Gasteiger partial charge in [-0.3, -0.25) is 4.79 Å². The van der Waals surface area contributed by atoms with E-state index in [1.165, 1.54) is 6.26 Å². The van der Waals surface area contributed by atoms with Crippen molar-refractivity contribution in [2.75, 3.05) is 13.2 Å². The first-order valence-electron chi connectivity index (χ1n) is 6.84. The van der Waals surface area contributed by atoms with Gasteiger partial charge in [-0.15, -0.1) is 11.8 Å². The average Bonchev–Trinajstić information content (AvgIpc) is 2.99. The predicted octanol–water partition coefficient (Wildman–Crippen LogP) is 2.93. The van der Waals surface area contributed by atoms with Crippen LogP contribution in [0.2, 0.25) is 0 Å². The van der Waals surface area contributed by atoms with E-state index >= 15 is 0 Å². The van der Waals surface area contributed by atoms with Crippen LogP contribution in [0.5, 0.6) is 0 Å². The van der Waals surface area contributed by atoms with Gasteiger partial charge >= 0.3 is 0 Å². The molecule has 112 valence electrons. The number of furan rings is 1. The molecule has 1 aromatic carbocycles. The van der Waals surface area contributed by atoms with Crippen LogP contribution < -0.4 is 5.32 Å². The van der Waals surface area contributed by atoms with Crippen LogP contribution >= 0.6 is 11.8 Å². The van der Waals surface area contributed by atoms with Gasteiger partial charge in [-0.2, -0.15) is 0 Å². The van der Waals surface area contributed by atoms with Crippen molar-refractivity contribution < 1.29 is 14.3 Å². The SMILES string of the molecule is CC(CO)CNC(=O)c1occc1CSc1ccccc1. The maximum absolute atomic E-state index is 12.1. The summed E-state index contributed by atoms with van der Waals surface area (Å²) in [6.07, 6.45) is 1.53. The number of nitrogens with one attached hydrogen (secondary N) is 1. The van der Waals surface area contributed by atoms with Crippen molar-refractivity contribution in [3.8, 4) is 0 Å². The summed E-state index contributed by atoms with van der Waals surface area (Å²) in [7, 11) is 0. The molecular formula is C16H19NO3S. The fourth-order valence-electron chi connectivity index (χ4n) is 1.74. The van der Waals surface area contributed by atoms with Gasteiger partial charge in [-0.1, -0.05) is 25.1 Å². The van der Waals surface area contributed by atoms with Crippen LogP contribution in [-0.2, 0) is 5.75 Å². The smallest absolute Gasteiger partial charge is 0.287 e. The van der Waals surface area contributed by atoms with Crippen LogP contribution in [0.1, 0.15) is 23.0 Å². The van der Waals surface area contributed by atoms with Gasteiger partial charge < -0.3 is 14.8 Å². The Morgan fingerprint density at radius 3 is 2.81 bits per heavy atom. The number of hydrogen-bond donors (Lipinski definition) is 2. The summed E-state index contributed by atoms with van der Waals surface area (Å²) >= 11 is 1.66. The highest BCUT2D eigenvalue weighted by Gasteiger charge is 2.16. The number of thioether (sulfide) groups is 1. The maximum Gasteiger partial charge on any atom is 0.287 e. The van der Waals surface area contributed by atoms with Crippen molar-refractivity contribution in [2.45, 2.75) is 17.6 Å². The minimum atomic E-state index is -0.232. The molecular weight excluding hydrogens is 286 g/mol. The second-order valence-electron chi connectivity index (χ2n) is 4.87. The van der Waals surface area contributed by atoms with Gasteiger partial charge in [0.05, 0.1) is 6.26 Å². The first kappa shape index (κ1) is 15.7. The lowest BCUT2D eigenvalue weighted by Gasteiger charge is -2.09. The Labute approximate surface area is 128 Å². The van der Waals surface area contributed by atoms with Gasteiger partial charge in [0.2, 0.25) is 0 Å². The van der Waals surface area contributed by atoms with Crippen LogP contribution in [-0.4, -0.2) is 24.2 Å². The molecule has 1 heterocycles. The summed E-state index contributed by atoms with van der Waals surface area (Å²) in [5.41, 5.74) is 0.873. The third kappa shape index (κ3) is 4.65. The Kier molecular flexibility index (Phi) is 5.90. The van der Waals surface area contributed by atoms with E-state index in [9.17, 15) is 4.79 Å². The molecule has 2 aromatic rings. The van der Waals surface area contributed by atoms with Crippen LogP contribution in [0.3, 0.4) is 0 Å². The molecule has 0 saturated carbocycles. The summed E-state index contributed by atoms with van der Waals surface area (Å²) in [4.78, 5) is 13.2. The zero-order valence-corrected chi connectivity index (χ0v) is 12.7. The molecule has 0 aliphatic rings. The lowest BCUT2D eigenvalue weighted by atomic mass is 10.2. The van der Waals surface area contributed by atoms with Crippen LogP contribution in [0.15, 0.2) is 52.0 Å². The summed E-state index contributed by atoms with van der Waals surface area (Å²) < 4.78 is 5.29. The van der Waals surface area contributed by atoms with E-state index in [2.05, 4.69) is 5.32 Å². The molecule has 2 rings (SSSR count). The molecule has 0 radical (unpaired) electrons. The minimum absolute atomic E-state index is 0.0334. The fourth-order valence-corrected chi connectivity index (χ4v) is 2.64. The van der Waals surface area contributed by atoms with E-state index in [0.717, 1.165) is 10.5 Å². The second kappa shape index (κ2) is 7.90. The number of carbonyl (C=O) groups excluding carboxylic acids is 1. The summed E-state index contributed by atoms with van der Waals surface area (Å²) in [5, 5.41) is 11.7. The number of rotatable bonds is 7. The van der Waals surface area contributed by atoms with Crippen LogP contribution in [0.4, 0.5) is 0 Å². The molecule has 1 atom stereocenters. The monoisotopic (exact) mass is 305 g/mol. The Morgan fingerprint density at radius 2 is 2.10 bits per heavy atom. The number of carbonyl (C=O) groups is 1. The number of benzene rings is 1. The molecule has 1 amide bonds. The highest BCUT2D eigenvalue weighted by molar-refractivity contribution is 7.98. The summed E-state index contributed by atoms with van der Waals surface area (Å²) in [5.74, 6) is 0.831. The molecule has 4 nitrogen and oxygen atoms in total. The molecule has 0 fully saturated rings.